The predicted molar refractivity (Wildman–Crippen MR) is 67.1 cm³/mol. The highest BCUT2D eigenvalue weighted by molar-refractivity contribution is 5.86. The van der Waals surface area contributed by atoms with Gasteiger partial charge in [0.05, 0.1) is 30.2 Å². The Kier molecular flexibility index (Phi) is 3.57. The third-order valence-electron chi connectivity index (χ3n) is 3.65. The van der Waals surface area contributed by atoms with Gasteiger partial charge in [0.2, 0.25) is 5.91 Å². The summed E-state index contributed by atoms with van der Waals surface area (Å²) in [6.07, 6.45) is 1.75. The van der Waals surface area contributed by atoms with E-state index in [-0.39, 0.29) is 24.9 Å². The van der Waals surface area contributed by atoms with Crippen molar-refractivity contribution in [1.29, 1.82) is 0 Å². The number of aromatic amines is 1. The SMILES string of the molecule is CC(N)C(C)C(=O)N1Cc2[nH]cnc2CC1C(=O)O. The zero-order valence-electron chi connectivity index (χ0n) is 11.0. The fourth-order valence-corrected chi connectivity index (χ4v) is 2.17. The first-order valence-electron chi connectivity index (χ1n) is 6.21. The van der Waals surface area contributed by atoms with E-state index in [4.69, 9.17) is 5.73 Å². The smallest absolute Gasteiger partial charge is 0.326 e. The molecule has 0 spiro atoms. The molecule has 104 valence electrons. The van der Waals surface area contributed by atoms with Gasteiger partial charge in [-0.25, -0.2) is 9.78 Å². The van der Waals surface area contributed by atoms with Crippen LogP contribution in [0.2, 0.25) is 0 Å². The van der Waals surface area contributed by atoms with Crippen molar-refractivity contribution in [2.45, 2.75) is 38.9 Å². The van der Waals surface area contributed by atoms with Crippen LogP contribution in [0.4, 0.5) is 0 Å². The van der Waals surface area contributed by atoms with Crippen LogP contribution in [-0.4, -0.2) is 43.9 Å². The van der Waals surface area contributed by atoms with Gasteiger partial charge >= 0.3 is 5.97 Å². The van der Waals surface area contributed by atoms with Gasteiger partial charge in [-0.1, -0.05) is 6.92 Å². The van der Waals surface area contributed by atoms with Gasteiger partial charge in [0.1, 0.15) is 6.04 Å². The Bertz CT molecular complexity index is 497. The molecule has 1 aliphatic rings. The molecule has 0 saturated carbocycles. The number of fused-ring (bicyclic) bond motifs is 1. The van der Waals surface area contributed by atoms with Crippen molar-refractivity contribution in [3.63, 3.8) is 0 Å². The predicted octanol–water partition coefficient (Wildman–Crippen LogP) is -0.269. The van der Waals surface area contributed by atoms with Crippen LogP contribution in [0, 0.1) is 5.92 Å². The van der Waals surface area contributed by atoms with Crippen molar-refractivity contribution in [1.82, 2.24) is 14.9 Å². The maximum Gasteiger partial charge on any atom is 0.326 e. The molecule has 3 unspecified atom stereocenters. The van der Waals surface area contributed by atoms with E-state index in [1.165, 1.54) is 11.2 Å². The molecule has 19 heavy (non-hydrogen) atoms. The molecule has 0 aromatic carbocycles. The van der Waals surface area contributed by atoms with Crippen molar-refractivity contribution in [2.24, 2.45) is 11.7 Å². The summed E-state index contributed by atoms with van der Waals surface area (Å²) >= 11 is 0. The first-order valence-corrected chi connectivity index (χ1v) is 6.21. The van der Waals surface area contributed by atoms with Crippen LogP contribution in [-0.2, 0) is 22.6 Å². The van der Waals surface area contributed by atoms with Gasteiger partial charge in [0.25, 0.3) is 0 Å². The van der Waals surface area contributed by atoms with Crippen molar-refractivity contribution < 1.29 is 14.7 Å². The standard InChI is InChI=1S/C12H18N4O3/c1-6(7(2)13)11(17)16-4-9-8(14-5-15-9)3-10(16)12(18)19/h5-7,10H,3-4,13H2,1-2H3,(H,14,15)(H,18,19). The normalized spacial score (nSPS) is 21.6. The zero-order chi connectivity index (χ0) is 14.2. The molecule has 0 bridgehead atoms. The Labute approximate surface area is 110 Å². The van der Waals surface area contributed by atoms with Crippen molar-refractivity contribution >= 4 is 11.9 Å². The lowest BCUT2D eigenvalue weighted by Gasteiger charge is -2.34. The number of carboxylic acids is 1. The Balaban J connectivity index is 2.27. The highest BCUT2D eigenvalue weighted by Crippen LogP contribution is 2.23. The Morgan fingerprint density at radius 3 is 2.84 bits per heavy atom. The second-order valence-electron chi connectivity index (χ2n) is 5.00. The molecule has 2 heterocycles. The summed E-state index contributed by atoms with van der Waals surface area (Å²) in [5.74, 6) is -1.66. The number of hydrogen-bond donors (Lipinski definition) is 3. The molecule has 0 fully saturated rings. The summed E-state index contributed by atoms with van der Waals surface area (Å²) in [4.78, 5) is 32.1. The molecule has 1 aromatic rings. The summed E-state index contributed by atoms with van der Waals surface area (Å²) in [7, 11) is 0. The maximum atomic E-state index is 12.3. The Hall–Kier alpha value is -1.89. The molecule has 1 aliphatic heterocycles. The van der Waals surface area contributed by atoms with Crippen LogP contribution < -0.4 is 5.73 Å². The van der Waals surface area contributed by atoms with E-state index in [1.54, 1.807) is 13.8 Å². The van der Waals surface area contributed by atoms with Crippen LogP contribution in [0.15, 0.2) is 6.33 Å². The van der Waals surface area contributed by atoms with E-state index in [0.717, 1.165) is 5.69 Å². The molecule has 1 amide bonds. The minimum absolute atomic E-state index is 0.228. The number of aromatic nitrogens is 2. The molecule has 7 nitrogen and oxygen atoms in total. The topological polar surface area (TPSA) is 112 Å². The minimum atomic E-state index is -1.01. The van der Waals surface area contributed by atoms with Gasteiger partial charge < -0.3 is 20.7 Å². The second-order valence-corrected chi connectivity index (χ2v) is 5.00. The summed E-state index contributed by atoms with van der Waals surface area (Å²) in [5, 5.41) is 9.28. The lowest BCUT2D eigenvalue weighted by Crippen LogP contribution is -2.52. The number of nitrogens with two attached hydrogens (primary N) is 1. The van der Waals surface area contributed by atoms with E-state index in [1.807, 2.05) is 0 Å². The maximum absolute atomic E-state index is 12.3. The van der Waals surface area contributed by atoms with E-state index in [0.29, 0.717) is 5.69 Å². The Morgan fingerprint density at radius 1 is 1.58 bits per heavy atom. The van der Waals surface area contributed by atoms with Crippen molar-refractivity contribution in [3.05, 3.63) is 17.7 Å². The number of imidazole rings is 1. The van der Waals surface area contributed by atoms with Gasteiger partial charge in [-0.3, -0.25) is 4.79 Å². The molecule has 0 aliphatic carbocycles. The van der Waals surface area contributed by atoms with E-state index in [9.17, 15) is 14.7 Å². The van der Waals surface area contributed by atoms with E-state index in [2.05, 4.69) is 9.97 Å². The van der Waals surface area contributed by atoms with Crippen molar-refractivity contribution in [3.8, 4) is 0 Å². The monoisotopic (exact) mass is 266 g/mol. The summed E-state index contributed by atoms with van der Waals surface area (Å²) in [5.41, 5.74) is 7.23. The molecule has 7 heteroatoms. The molecule has 3 atom stereocenters. The van der Waals surface area contributed by atoms with Gasteiger partial charge in [0.15, 0.2) is 0 Å². The van der Waals surface area contributed by atoms with Gasteiger partial charge in [-0.05, 0) is 6.92 Å². The number of carbonyl (C=O) groups is 2. The quantitative estimate of drug-likeness (QED) is 0.697. The fraction of sp³-hybridized carbons (Fsp3) is 0.583. The third kappa shape index (κ3) is 2.46. The molecule has 0 saturated heterocycles. The average Bonchev–Trinajstić information content (AvgIpc) is 2.82. The number of hydrogen-bond acceptors (Lipinski definition) is 4. The van der Waals surface area contributed by atoms with Crippen LogP contribution >= 0.6 is 0 Å². The first kappa shape index (κ1) is 13.5. The largest absolute Gasteiger partial charge is 0.480 e. The molecule has 0 radical (unpaired) electrons. The van der Waals surface area contributed by atoms with Crippen molar-refractivity contribution in [2.75, 3.05) is 0 Å². The van der Waals surface area contributed by atoms with E-state index >= 15 is 0 Å². The van der Waals surface area contributed by atoms with Gasteiger partial charge in [-0.15, -0.1) is 0 Å². The minimum Gasteiger partial charge on any atom is -0.480 e. The summed E-state index contributed by atoms with van der Waals surface area (Å²) in [6.45, 7) is 3.69. The van der Waals surface area contributed by atoms with Crippen LogP contribution in [0.5, 0.6) is 0 Å². The van der Waals surface area contributed by atoms with E-state index < -0.39 is 17.9 Å². The Morgan fingerprint density at radius 2 is 2.26 bits per heavy atom. The lowest BCUT2D eigenvalue weighted by atomic mass is 9.97. The number of H-pyrrole nitrogens is 1. The lowest BCUT2D eigenvalue weighted by molar-refractivity contribution is -0.153. The average molecular weight is 266 g/mol. The fourth-order valence-electron chi connectivity index (χ4n) is 2.17. The summed E-state index contributed by atoms with van der Waals surface area (Å²) < 4.78 is 0. The third-order valence-corrected chi connectivity index (χ3v) is 3.65. The number of carboxylic acid groups (broad SMARTS) is 1. The highest BCUT2D eigenvalue weighted by Gasteiger charge is 2.38. The number of nitrogens with zero attached hydrogens (tertiary/aromatic N) is 2. The van der Waals surface area contributed by atoms with Gasteiger partial charge in [-0.2, -0.15) is 0 Å². The number of amides is 1. The van der Waals surface area contributed by atoms with Crippen LogP contribution in [0.1, 0.15) is 25.2 Å². The number of rotatable bonds is 3. The van der Waals surface area contributed by atoms with Crippen LogP contribution in [0.3, 0.4) is 0 Å². The highest BCUT2D eigenvalue weighted by atomic mass is 16.4. The van der Waals surface area contributed by atoms with Gasteiger partial charge in [0, 0.05) is 12.5 Å². The molecular weight excluding hydrogens is 248 g/mol. The van der Waals surface area contributed by atoms with Crippen LogP contribution in [0.25, 0.3) is 0 Å². The zero-order valence-corrected chi connectivity index (χ0v) is 11.0. The molecule has 2 rings (SSSR count). The first-order chi connectivity index (χ1) is 8.91. The molecule has 4 N–H and O–H groups in total. The number of aliphatic carboxylic acids is 1. The number of nitrogens with one attached hydrogen (secondary N) is 1. The summed E-state index contributed by atoms with van der Waals surface area (Å²) in [6, 6.07) is -1.19. The number of carbonyl (C=O) groups excluding carboxylic acids is 1. The molecular formula is C12H18N4O3. The second kappa shape index (κ2) is 5.00. The molecule has 1 aromatic heterocycles.